The number of alkyl halides is 1. The quantitative estimate of drug-likeness (QED) is 0.368. The summed E-state index contributed by atoms with van der Waals surface area (Å²) in [5.41, 5.74) is 2.46. The fourth-order valence-corrected chi connectivity index (χ4v) is 3.11. The van der Waals surface area contributed by atoms with Crippen LogP contribution in [0.25, 0.3) is 16.7 Å². The minimum Gasteiger partial charge on any atom is -0.296 e. The molecule has 2 aromatic carbocycles. The second kappa shape index (κ2) is 6.22. The maximum atomic E-state index is 13.9. The lowest BCUT2D eigenvalue weighted by Gasteiger charge is -2.09. The molecular weight excluding hydrogens is 469 g/mol. The SMILES string of the molecule is Fc1cc2c(cc1Br)nc(CCCl)n2-c1ccc(I)cc1. The van der Waals surface area contributed by atoms with Gasteiger partial charge in [-0.25, -0.2) is 9.37 Å². The van der Waals surface area contributed by atoms with E-state index in [1.807, 2.05) is 28.8 Å². The van der Waals surface area contributed by atoms with Gasteiger partial charge in [-0.1, -0.05) is 0 Å². The Morgan fingerprint density at radius 2 is 1.95 bits per heavy atom. The molecule has 2 nitrogen and oxygen atoms in total. The molecule has 0 spiro atoms. The summed E-state index contributed by atoms with van der Waals surface area (Å²) in [4.78, 5) is 4.58. The van der Waals surface area contributed by atoms with Gasteiger partial charge in [0.1, 0.15) is 11.6 Å². The van der Waals surface area contributed by atoms with E-state index in [4.69, 9.17) is 11.6 Å². The Labute approximate surface area is 148 Å². The topological polar surface area (TPSA) is 17.8 Å². The molecule has 0 atom stereocenters. The molecule has 0 bridgehead atoms. The summed E-state index contributed by atoms with van der Waals surface area (Å²) >= 11 is 11.3. The van der Waals surface area contributed by atoms with Gasteiger partial charge >= 0.3 is 0 Å². The average Bonchev–Trinajstić information content (AvgIpc) is 2.78. The van der Waals surface area contributed by atoms with Gasteiger partial charge in [-0.2, -0.15) is 0 Å². The molecule has 6 heteroatoms. The third-order valence-electron chi connectivity index (χ3n) is 3.17. The van der Waals surface area contributed by atoms with Gasteiger partial charge in [0.25, 0.3) is 0 Å². The molecular formula is C15H10BrClFIN2. The number of halogens is 4. The van der Waals surface area contributed by atoms with Crippen LogP contribution in [-0.4, -0.2) is 15.4 Å². The first-order chi connectivity index (χ1) is 10.1. The van der Waals surface area contributed by atoms with Crippen LogP contribution in [0, 0.1) is 9.39 Å². The van der Waals surface area contributed by atoms with Crippen molar-refractivity contribution in [3.63, 3.8) is 0 Å². The zero-order chi connectivity index (χ0) is 15.0. The monoisotopic (exact) mass is 478 g/mol. The number of imidazole rings is 1. The zero-order valence-electron chi connectivity index (χ0n) is 10.8. The molecule has 0 N–H and O–H groups in total. The number of hydrogen-bond donors (Lipinski definition) is 0. The van der Waals surface area contributed by atoms with Crippen LogP contribution in [0.4, 0.5) is 4.39 Å². The molecule has 0 fully saturated rings. The molecule has 0 aliphatic heterocycles. The van der Waals surface area contributed by atoms with Gasteiger partial charge in [-0.05, 0) is 68.9 Å². The van der Waals surface area contributed by atoms with Crippen molar-refractivity contribution in [3.8, 4) is 5.69 Å². The third kappa shape index (κ3) is 2.96. The van der Waals surface area contributed by atoms with Crippen molar-refractivity contribution in [3.05, 3.63) is 56.1 Å². The number of benzene rings is 2. The highest BCUT2D eigenvalue weighted by Gasteiger charge is 2.14. The van der Waals surface area contributed by atoms with Gasteiger partial charge in [0.15, 0.2) is 0 Å². The number of nitrogens with zero attached hydrogens (tertiary/aromatic N) is 2. The predicted octanol–water partition coefficient (Wildman–Crippen LogP) is 5.31. The number of aryl methyl sites for hydroxylation is 1. The second-order valence-corrected chi connectivity index (χ2v) is 7.01. The summed E-state index contributed by atoms with van der Waals surface area (Å²) in [6, 6.07) is 11.2. The highest BCUT2D eigenvalue weighted by atomic mass is 127. The van der Waals surface area contributed by atoms with Crippen LogP contribution in [0.15, 0.2) is 40.9 Å². The van der Waals surface area contributed by atoms with Gasteiger partial charge in [-0.3, -0.25) is 4.57 Å². The van der Waals surface area contributed by atoms with Gasteiger partial charge < -0.3 is 0 Å². The minimum atomic E-state index is -0.299. The van der Waals surface area contributed by atoms with Crippen molar-refractivity contribution >= 4 is 61.2 Å². The molecule has 1 aromatic heterocycles. The van der Waals surface area contributed by atoms with E-state index in [2.05, 4.69) is 43.5 Å². The average molecular weight is 480 g/mol. The largest absolute Gasteiger partial charge is 0.296 e. The molecule has 0 saturated carbocycles. The normalized spacial score (nSPS) is 11.2. The lowest BCUT2D eigenvalue weighted by molar-refractivity contribution is 0.622. The van der Waals surface area contributed by atoms with E-state index in [0.717, 1.165) is 26.1 Å². The summed E-state index contributed by atoms with van der Waals surface area (Å²) in [5, 5.41) is 0. The van der Waals surface area contributed by atoms with E-state index in [1.54, 1.807) is 6.07 Å². The number of hydrogen-bond acceptors (Lipinski definition) is 1. The summed E-state index contributed by atoms with van der Waals surface area (Å²) in [5.74, 6) is 1.00. The van der Waals surface area contributed by atoms with Crippen molar-refractivity contribution in [1.29, 1.82) is 0 Å². The fourth-order valence-electron chi connectivity index (χ4n) is 2.25. The Bertz CT molecular complexity index is 802. The first-order valence-electron chi connectivity index (χ1n) is 6.28. The predicted molar refractivity (Wildman–Crippen MR) is 95.9 cm³/mol. The highest BCUT2D eigenvalue weighted by molar-refractivity contribution is 14.1. The van der Waals surface area contributed by atoms with Crippen LogP contribution in [0.5, 0.6) is 0 Å². The maximum absolute atomic E-state index is 13.9. The van der Waals surface area contributed by atoms with E-state index < -0.39 is 0 Å². The van der Waals surface area contributed by atoms with Crippen molar-refractivity contribution in [2.75, 3.05) is 5.88 Å². The van der Waals surface area contributed by atoms with Crippen LogP contribution in [-0.2, 0) is 6.42 Å². The van der Waals surface area contributed by atoms with Crippen LogP contribution >= 0.6 is 50.1 Å². The number of aromatic nitrogens is 2. The summed E-state index contributed by atoms with van der Waals surface area (Å²) in [7, 11) is 0. The van der Waals surface area contributed by atoms with E-state index in [0.29, 0.717) is 16.8 Å². The molecule has 1 heterocycles. The van der Waals surface area contributed by atoms with E-state index in [1.165, 1.54) is 6.07 Å². The maximum Gasteiger partial charge on any atom is 0.139 e. The van der Waals surface area contributed by atoms with Gasteiger partial charge in [0.05, 0.1) is 15.5 Å². The molecule has 0 unspecified atom stereocenters. The lowest BCUT2D eigenvalue weighted by atomic mass is 10.2. The van der Waals surface area contributed by atoms with Gasteiger partial charge in [-0.15, -0.1) is 11.6 Å². The molecule has 0 aliphatic carbocycles. The van der Waals surface area contributed by atoms with Crippen molar-refractivity contribution in [2.45, 2.75) is 6.42 Å². The smallest absolute Gasteiger partial charge is 0.139 e. The lowest BCUT2D eigenvalue weighted by Crippen LogP contribution is -2.02. The molecule has 21 heavy (non-hydrogen) atoms. The Morgan fingerprint density at radius 3 is 2.62 bits per heavy atom. The van der Waals surface area contributed by atoms with Gasteiger partial charge in [0.2, 0.25) is 0 Å². The molecule has 0 radical (unpaired) electrons. The zero-order valence-corrected chi connectivity index (χ0v) is 15.3. The number of rotatable bonds is 3. The Hall–Kier alpha value is -0.660. The minimum absolute atomic E-state index is 0.299. The first kappa shape index (κ1) is 15.2. The number of fused-ring (bicyclic) bond motifs is 1. The van der Waals surface area contributed by atoms with Crippen LogP contribution in [0.1, 0.15) is 5.82 Å². The highest BCUT2D eigenvalue weighted by Crippen LogP contribution is 2.27. The van der Waals surface area contributed by atoms with E-state index in [9.17, 15) is 4.39 Å². The van der Waals surface area contributed by atoms with Crippen molar-refractivity contribution < 1.29 is 4.39 Å². The Kier molecular flexibility index (Phi) is 4.51. The van der Waals surface area contributed by atoms with Crippen molar-refractivity contribution in [1.82, 2.24) is 9.55 Å². The molecule has 3 aromatic rings. The molecule has 3 rings (SSSR count). The Balaban J connectivity index is 2.29. The van der Waals surface area contributed by atoms with Gasteiger partial charge in [0, 0.05) is 27.6 Å². The van der Waals surface area contributed by atoms with Crippen LogP contribution in [0.3, 0.4) is 0 Å². The van der Waals surface area contributed by atoms with E-state index in [-0.39, 0.29) is 5.82 Å². The van der Waals surface area contributed by atoms with Crippen LogP contribution < -0.4 is 0 Å². The molecule has 0 aliphatic rings. The summed E-state index contributed by atoms with van der Waals surface area (Å²) in [6.45, 7) is 0. The van der Waals surface area contributed by atoms with Crippen LogP contribution in [0.2, 0.25) is 0 Å². The molecule has 108 valence electrons. The third-order valence-corrected chi connectivity index (χ3v) is 4.68. The summed E-state index contributed by atoms with van der Waals surface area (Å²) in [6.07, 6.45) is 0.626. The standard InChI is InChI=1S/C15H10BrClFIN2/c16-11-7-13-14(8-12(11)18)21(15(20-13)5-6-17)10-3-1-9(19)2-4-10/h1-4,7-8H,5-6H2. The first-order valence-corrected chi connectivity index (χ1v) is 8.69. The Morgan fingerprint density at radius 1 is 1.24 bits per heavy atom. The van der Waals surface area contributed by atoms with Crippen molar-refractivity contribution in [2.24, 2.45) is 0 Å². The second-order valence-electron chi connectivity index (χ2n) is 4.53. The summed E-state index contributed by atoms with van der Waals surface area (Å²) < 4.78 is 17.4. The molecule has 0 saturated heterocycles. The van der Waals surface area contributed by atoms with E-state index >= 15 is 0 Å². The fraction of sp³-hybridized carbons (Fsp3) is 0.133. The molecule has 0 amide bonds.